The predicted octanol–water partition coefficient (Wildman–Crippen LogP) is 1.78. The molecular formula is C14H22N2O2. The lowest BCUT2D eigenvalue weighted by Gasteiger charge is -2.24. The van der Waals surface area contributed by atoms with Crippen molar-refractivity contribution < 1.29 is 9.53 Å². The molecular weight excluding hydrogens is 228 g/mol. The molecule has 18 heavy (non-hydrogen) atoms. The number of carbonyl (C=O) groups is 1. The van der Waals surface area contributed by atoms with Crippen LogP contribution in [0, 0.1) is 0 Å². The number of hydrogen-bond donors (Lipinski definition) is 1. The zero-order valence-corrected chi connectivity index (χ0v) is 11.3. The lowest BCUT2D eigenvalue weighted by Crippen LogP contribution is -2.40. The lowest BCUT2D eigenvalue weighted by atomic mass is 10.2. The van der Waals surface area contributed by atoms with Gasteiger partial charge < -0.3 is 15.4 Å². The fourth-order valence-corrected chi connectivity index (χ4v) is 1.82. The van der Waals surface area contributed by atoms with Gasteiger partial charge in [-0.05, 0) is 26.8 Å². The molecule has 1 unspecified atom stereocenters. The Hall–Kier alpha value is -1.55. The Bertz CT molecular complexity index is 389. The van der Waals surface area contributed by atoms with Crippen LogP contribution in [0.1, 0.15) is 26.3 Å². The van der Waals surface area contributed by atoms with Gasteiger partial charge in [0.1, 0.15) is 5.75 Å². The average Bonchev–Trinajstić information content (AvgIpc) is 2.40. The highest BCUT2D eigenvalue weighted by molar-refractivity contribution is 5.80. The first kappa shape index (κ1) is 14.5. The molecule has 1 rings (SSSR count). The van der Waals surface area contributed by atoms with Gasteiger partial charge in [0.25, 0.3) is 5.91 Å². The molecule has 0 aromatic heterocycles. The average molecular weight is 250 g/mol. The van der Waals surface area contributed by atoms with Crippen molar-refractivity contribution in [2.75, 3.05) is 13.1 Å². The number of amides is 1. The summed E-state index contributed by atoms with van der Waals surface area (Å²) < 4.78 is 5.71. The number of hydrogen-bond acceptors (Lipinski definition) is 3. The third-order valence-corrected chi connectivity index (χ3v) is 2.92. The van der Waals surface area contributed by atoms with Gasteiger partial charge in [-0.2, -0.15) is 0 Å². The van der Waals surface area contributed by atoms with E-state index in [1.165, 1.54) is 0 Å². The Balaban J connectivity index is 2.74. The molecule has 0 aliphatic carbocycles. The monoisotopic (exact) mass is 250 g/mol. The molecule has 4 heteroatoms. The van der Waals surface area contributed by atoms with E-state index in [2.05, 4.69) is 0 Å². The minimum Gasteiger partial charge on any atom is -0.481 e. The predicted molar refractivity (Wildman–Crippen MR) is 72.4 cm³/mol. The number of nitrogens with two attached hydrogens (primary N) is 1. The smallest absolute Gasteiger partial charge is 0.263 e. The molecule has 1 aromatic carbocycles. The van der Waals surface area contributed by atoms with Crippen LogP contribution in [0.3, 0.4) is 0 Å². The summed E-state index contributed by atoms with van der Waals surface area (Å²) in [4.78, 5) is 13.8. The second-order valence-corrected chi connectivity index (χ2v) is 4.08. The Morgan fingerprint density at radius 2 is 1.94 bits per heavy atom. The maximum absolute atomic E-state index is 12.1. The Morgan fingerprint density at radius 3 is 2.50 bits per heavy atom. The summed E-state index contributed by atoms with van der Waals surface area (Å²) in [5.41, 5.74) is 6.55. The molecule has 0 radical (unpaired) electrons. The number of para-hydroxylation sites is 1. The fourth-order valence-electron chi connectivity index (χ4n) is 1.82. The molecule has 2 N–H and O–H groups in total. The van der Waals surface area contributed by atoms with Crippen LogP contribution < -0.4 is 10.5 Å². The molecule has 0 bridgehead atoms. The van der Waals surface area contributed by atoms with Crippen LogP contribution in [-0.2, 0) is 11.3 Å². The van der Waals surface area contributed by atoms with Gasteiger partial charge in [0.05, 0.1) is 0 Å². The van der Waals surface area contributed by atoms with Crippen LogP contribution >= 0.6 is 0 Å². The molecule has 0 fully saturated rings. The topological polar surface area (TPSA) is 55.6 Å². The molecule has 1 aromatic rings. The number of rotatable bonds is 6. The van der Waals surface area contributed by atoms with E-state index in [1.54, 1.807) is 11.8 Å². The SMILES string of the molecule is CCN(CC)C(=O)C(C)Oc1ccccc1CN. The van der Waals surface area contributed by atoms with Crippen molar-refractivity contribution in [1.29, 1.82) is 0 Å². The molecule has 100 valence electrons. The van der Waals surface area contributed by atoms with Crippen LogP contribution in [0.15, 0.2) is 24.3 Å². The summed E-state index contributed by atoms with van der Waals surface area (Å²) in [5, 5.41) is 0. The Morgan fingerprint density at radius 1 is 1.33 bits per heavy atom. The summed E-state index contributed by atoms with van der Waals surface area (Å²) in [6.07, 6.45) is -0.488. The van der Waals surface area contributed by atoms with Crippen LogP contribution in [0.4, 0.5) is 0 Å². The molecule has 1 atom stereocenters. The molecule has 1 amide bonds. The molecule has 0 aliphatic rings. The van der Waals surface area contributed by atoms with E-state index in [0.29, 0.717) is 25.4 Å². The number of ether oxygens (including phenoxy) is 1. The van der Waals surface area contributed by atoms with Crippen molar-refractivity contribution >= 4 is 5.91 Å². The molecule has 0 heterocycles. The molecule has 0 aliphatic heterocycles. The summed E-state index contributed by atoms with van der Waals surface area (Å²) in [6.45, 7) is 7.49. The third-order valence-electron chi connectivity index (χ3n) is 2.92. The first-order valence-corrected chi connectivity index (χ1v) is 6.37. The second-order valence-electron chi connectivity index (χ2n) is 4.08. The van der Waals surface area contributed by atoms with Crippen molar-refractivity contribution in [3.8, 4) is 5.75 Å². The molecule has 0 saturated heterocycles. The van der Waals surface area contributed by atoms with E-state index in [4.69, 9.17) is 10.5 Å². The van der Waals surface area contributed by atoms with Crippen LogP contribution in [0.2, 0.25) is 0 Å². The zero-order valence-electron chi connectivity index (χ0n) is 11.3. The van der Waals surface area contributed by atoms with Crippen LogP contribution in [0.5, 0.6) is 5.75 Å². The number of likely N-dealkylation sites (N-methyl/N-ethyl adjacent to an activating group) is 1. The third kappa shape index (κ3) is 3.47. The van der Waals surface area contributed by atoms with Crippen molar-refractivity contribution in [2.45, 2.75) is 33.4 Å². The van der Waals surface area contributed by atoms with Crippen molar-refractivity contribution in [3.63, 3.8) is 0 Å². The summed E-state index contributed by atoms with van der Waals surface area (Å²) in [5.74, 6) is 0.694. The van der Waals surface area contributed by atoms with Crippen molar-refractivity contribution in [1.82, 2.24) is 4.90 Å². The van der Waals surface area contributed by atoms with Gasteiger partial charge >= 0.3 is 0 Å². The van der Waals surface area contributed by atoms with E-state index in [0.717, 1.165) is 5.56 Å². The molecule has 4 nitrogen and oxygen atoms in total. The van der Waals surface area contributed by atoms with Crippen LogP contribution in [0.25, 0.3) is 0 Å². The number of benzene rings is 1. The highest BCUT2D eigenvalue weighted by Gasteiger charge is 2.20. The normalized spacial score (nSPS) is 12.0. The van der Waals surface area contributed by atoms with Crippen LogP contribution in [-0.4, -0.2) is 30.0 Å². The number of nitrogens with zero attached hydrogens (tertiary/aromatic N) is 1. The first-order chi connectivity index (χ1) is 8.63. The fraction of sp³-hybridized carbons (Fsp3) is 0.500. The molecule has 0 saturated carbocycles. The van der Waals surface area contributed by atoms with Gasteiger partial charge in [-0.1, -0.05) is 18.2 Å². The maximum Gasteiger partial charge on any atom is 0.263 e. The lowest BCUT2D eigenvalue weighted by molar-refractivity contribution is -0.137. The van der Waals surface area contributed by atoms with Crippen molar-refractivity contribution in [3.05, 3.63) is 29.8 Å². The largest absolute Gasteiger partial charge is 0.481 e. The zero-order chi connectivity index (χ0) is 13.5. The minimum absolute atomic E-state index is 0.00632. The summed E-state index contributed by atoms with van der Waals surface area (Å²) in [7, 11) is 0. The highest BCUT2D eigenvalue weighted by atomic mass is 16.5. The van der Waals surface area contributed by atoms with Gasteiger partial charge in [-0.25, -0.2) is 0 Å². The summed E-state index contributed by atoms with van der Waals surface area (Å²) >= 11 is 0. The molecule has 0 spiro atoms. The van der Waals surface area contributed by atoms with E-state index in [1.807, 2.05) is 38.1 Å². The Kier molecular flexibility index (Phi) is 5.65. The van der Waals surface area contributed by atoms with Crippen molar-refractivity contribution in [2.24, 2.45) is 5.73 Å². The van der Waals surface area contributed by atoms with E-state index in [-0.39, 0.29) is 5.91 Å². The van der Waals surface area contributed by atoms with E-state index >= 15 is 0 Å². The van der Waals surface area contributed by atoms with Gasteiger partial charge in [0, 0.05) is 25.2 Å². The van der Waals surface area contributed by atoms with Gasteiger partial charge in [0.2, 0.25) is 0 Å². The second kappa shape index (κ2) is 7.01. The first-order valence-electron chi connectivity index (χ1n) is 6.37. The van der Waals surface area contributed by atoms with Gasteiger partial charge in [-0.3, -0.25) is 4.79 Å². The highest BCUT2D eigenvalue weighted by Crippen LogP contribution is 2.19. The minimum atomic E-state index is -0.488. The van der Waals surface area contributed by atoms with Gasteiger partial charge in [0.15, 0.2) is 6.10 Å². The maximum atomic E-state index is 12.1. The summed E-state index contributed by atoms with van der Waals surface area (Å²) in [6, 6.07) is 7.53. The Labute approximate surface area is 109 Å². The van der Waals surface area contributed by atoms with E-state index < -0.39 is 6.10 Å². The standard InChI is InChI=1S/C14H22N2O2/c1-4-16(5-2)14(17)11(3)18-13-9-7-6-8-12(13)10-15/h6-9,11H,4-5,10,15H2,1-3H3. The van der Waals surface area contributed by atoms with E-state index in [9.17, 15) is 4.79 Å². The van der Waals surface area contributed by atoms with Gasteiger partial charge in [-0.15, -0.1) is 0 Å². The quantitative estimate of drug-likeness (QED) is 0.837. The number of carbonyl (C=O) groups excluding carboxylic acids is 1.